The van der Waals surface area contributed by atoms with Crippen LogP contribution in [0, 0.1) is 0 Å². The van der Waals surface area contributed by atoms with Crippen LogP contribution in [0.25, 0.3) is 0 Å². The topological polar surface area (TPSA) is 67.4 Å². The summed E-state index contributed by atoms with van der Waals surface area (Å²) in [6.45, 7) is 1.97. The van der Waals surface area contributed by atoms with Crippen molar-refractivity contribution in [3.8, 4) is 5.75 Å². The highest BCUT2D eigenvalue weighted by Crippen LogP contribution is 2.26. The molecule has 1 atom stereocenters. The Bertz CT molecular complexity index is 687. The van der Waals surface area contributed by atoms with Crippen LogP contribution in [0.5, 0.6) is 5.75 Å². The van der Waals surface area contributed by atoms with Crippen LogP contribution in [0.15, 0.2) is 30.3 Å². The number of likely N-dealkylation sites (tertiary alicyclic amines) is 1. The van der Waals surface area contributed by atoms with Gasteiger partial charge in [0.1, 0.15) is 19.0 Å². The lowest BCUT2D eigenvalue weighted by Gasteiger charge is -2.15. The van der Waals surface area contributed by atoms with Crippen molar-refractivity contribution in [2.24, 2.45) is 0 Å². The van der Waals surface area contributed by atoms with Crippen LogP contribution >= 0.6 is 11.6 Å². The van der Waals surface area contributed by atoms with Gasteiger partial charge in [-0.3, -0.25) is 9.89 Å². The fourth-order valence-corrected chi connectivity index (χ4v) is 2.92. The number of carbonyl (C=O) groups is 1. The van der Waals surface area contributed by atoms with Crippen LogP contribution in [-0.4, -0.2) is 47.8 Å². The molecular formula is C17H20ClN3O3. The lowest BCUT2D eigenvalue weighted by Crippen LogP contribution is -2.31. The monoisotopic (exact) mass is 349 g/mol. The summed E-state index contributed by atoms with van der Waals surface area (Å²) in [7, 11) is 1.53. The first-order valence-electron chi connectivity index (χ1n) is 7.85. The van der Waals surface area contributed by atoms with Crippen molar-refractivity contribution in [2.75, 3.05) is 26.8 Å². The van der Waals surface area contributed by atoms with E-state index in [-0.39, 0.29) is 18.4 Å². The van der Waals surface area contributed by atoms with Gasteiger partial charge in [-0.15, -0.1) is 0 Å². The van der Waals surface area contributed by atoms with Gasteiger partial charge in [0.2, 0.25) is 5.91 Å². The minimum atomic E-state index is 0.0295. The minimum Gasteiger partial charge on any atom is -0.487 e. The number of nitrogens with one attached hydrogen (secondary N) is 1. The molecule has 0 spiro atoms. The van der Waals surface area contributed by atoms with Gasteiger partial charge < -0.3 is 14.4 Å². The van der Waals surface area contributed by atoms with Crippen molar-refractivity contribution >= 4 is 17.5 Å². The Morgan fingerprint density at radius 1 is 1.42 bits per heavy atom. The third-order valence-corrected chi connectivity index (χ3v) is 4.34. The van der Waals surface area contributed by atoms with E-state index in [4.69, 9.17) is 21.1 Å². The molecule has 1 aliphatic heterocycles. The van der Waals surface area contributed by atoms with E-state index < -0.39 is 0 Å². The zero-order valence-corrected chi connectivity index (χ0v) is 14.3. The maximum Gasteiger partial charge on any atom is 0.248 e. The van der Waals surface area contributed by atoms with Crippen molar-refractivity contribution in [1.82, 2.24) is 15.1 Å². The number of carbonyl (C=O) groups excluding carboxylic acids is 1. The third kappa shape index (κ3) is 4.07. The van der Waals surface area contributed by atoms with Gasteiger partial charge in [-0.1, -0.05) is 11.6 Å². The van der Waals surface area contributed by atoms with Crippen LogP contribution < -0.4 is 4.74 Å². The van der Waals surface area contributed by atoms with Gasteiger partial charge in [-0.2, -0.15) is 5.10 Å². The lowest BCUT2D eigenvalue weighted by atomic mass is 10.1. The fourth-order valence-electron chi connectivity index (χ4n) is 2.80. The second-order valence-corrected chi connectivity index (χ2v) is 6.26. The Morgan fingerprint density at radius 3 is 2.96 bits per heavy atom. The number of benzene rings is 1. The maximum absolute atomic E-state index is 11.9. The number of hydrogen-bond acceptors (Lipinski definition) is 4. The quantitative estimate of drug-likeness (QED) is 0.870. The molecule has 24 heavy (non-hydrogen) atoms. The van der Waals surface area contributed by atoms with E-state index in [1.807, 2.05) is 23.1 Å². The number of methoxy groups -OCH3 is 1. The van der Waals surface area contributed by atoms with Crippen molar-refractivity contribution in [3.05, 3.63) is 46.7 Å². The molecule has 0 aliphatic carbocycles. The molecule has 1 N–H and O–H groups in total. The Morgan fingerprint density at radius 2 is 2.21 bits per heavy atom. The van der Waals surface area contributed by atoms with Crippen LogP contribution in [0.4, 0.5) is 0 Å². The number of H-pyrrole nitrogens is 1. The third-order valence-electron chi connectivity index (χ3n) is 4.09. The fraction of sp³-hybridized carbons (Fsp3) is 0.412. The summed E-state index contributed by atoms with van der Waals surface area (Å²) >= 11 is 5.85. The van der Waals surface area contributed by atoms with Crippen LogP contribution in [0.2, 0.25) is 5.02 Å². The van der Waals surface area contributed by atoms with Crippen LogP contribution in [0.3, 0.4) is 0 Å². The van der Waals surface area contributed by atoms with Crippen LogP contribution in [-0.2, 0) is 16.1 Å². The molecule has 0 bridgehead atoms. The molecule has 1 aliphatic rings. The number of halogens is 1. The average Bonchev–Trinajstić information content (AvgIpc) is 3.24. The molecule has 6 nitrogen and oxygen atoms in total. The van der Waals surface area contributed by atoms with Gasteiger partial charge in [0.05, 0.1) is 11.4 Å². The highest BCUT2D eigenvalue weighted by atomic mass is 35.5. The van der Waals surface area contributed by atoms with E-state index >= 15 is 0 Å². The summed E-state index contributed by atoms with van der Waals surface area (Å²) in [6, 6.07) is 9.25. The zero-order chi connectivity index (χ0) is 16.9. The summed E-state index contributed by atoms with van der Waals surface area (Å²) < 4.78 is 10.6. The zero-order valence-electron chi connectivity index (χ0n) is 13.5. The Balaban J connectivity index is 1.54. The summed E-state index contributed by atoms with van der Waals surface area (Å²) in [4.78, 5) is 13.7. The largest absolute Gasteiger partial charge is 0.487 e. The normalized spacial score (nSPS) is 17.2. The summed E-state index contributed by atoms with van der Waals surface area (Å²) in [6.07, 6.45) is 0.914. The predicted octanol–water partition coefficient (Wildman–Crippen LogP) is 2.60. The molecule has 2 heterocycles. The summed E-state index contributed by atoms with van der Waals surface area (Å²) in [5.74, 6) is 1.04. The number of ether oxygens (including phenoxy) is 2. The smallest absolute Gasteiger partial charge is 0.248 e. The minimum absolute atomic E-state index is 0.0295. The number of rotatable bonds is 6. The molecule has 1 fully saturated rings. The second-order valence-electron chi connectivity index (χ2n) is 5.82. The van der Waals surface area contributed by atoms with Crippen molar-refractivity contribution < 1.29 is 14.3 Å². The van der Waals surface area contributed by atoms with E-state index in [0.717, 1.165) is 30.1 Å². The first-order valence-corrected chi connectivity index (χ1v) is 8.23. The Hall–Kier alpha value is -2.05. The summed E-state index contributed by atoms with van der Waals surface area (Å²) in [5, 5.41) is 8.05. The number of amides is 1. The molecular weight excluding hydrogens is 330 g/mol. The Labute approximate surface area is 145 Å². The van der Waals surface area contributed by atoms with Gasteiger partial charge in [0.25, 0.3) is 0 Å². The molecule has 0 radical (unpaired) electrons. The molecule has 1 unspecified atom stereocenters. The molecule has 128 valence electrons. The van der Waals surface area contributed by atoms with Crippen LogP contribution in [0.1, 0.15) is 23.7 Å². The molecule has 1 amide bonds. The molecule has 7 heteroatoms. The second kappa shape index (κ2) is 7.68. The van der Waals surface area contributed by atoms with Gasteiger partial charge in [0, 0.05) is 31.1 Å². The predicted molar refractivity (Wildman–Crippen MR) is 90.2 cm³/mol. The number of hydrogen-bond donors (Lipinski definition) is 1. The molecule has 2 aromatic rings. The van der Waals surface area contributed by atoms with Gasteiger partial charge in [-0.25, -0.2) is 0 Å². The van der Waals surface area contributed by atoms with E-state index in [1.54, 1.807) is 12.1 Å². The SMILES string of the molecule is COCC(=O)N1CCC(c2cc(COc3ccc(Cl)cc3)[nH]n2)C1. The first kappa shape index (κ1) is 16.8. The van der Waals surface area contributed by atoms with E-state index in [0.29, 0.717) is 18.2 Å². The number of aromatic nitrogens is 2. The van der Waals surface area contributed by atoms with E-state index in [2.05, 4.69) is 10.2 Å². The number of aromatic amines is 1. The van der Waals surface area contributed by atoms with E-state index in [9.17, 15) is 4.79 Å². The summed E-state index contributed by atoms with van der Waals surface area (Å²) in [5.41, 5.74) is 1.87. The first-order chi connectivity index (χ1) is 11.7. The number of nitrogens with zero attached hydrogens (tertiary/aromatic N) is 2. The van der Waals surface area contributed by atoms with Crippen molar-refractivity contribution in [2.45, 2.75) is 18.9 Å². The molecule has 1 aromatic carbocycles. The molecule has 0 saturated carbocycles. The highest BCUT2D eigenvalue weighted by molar-refractivity contribution is 6.30. The van der Waals surface area contributed by atoms with Gasteiger partial charge in [0.15, 0.2) is 0 Å². The van der Waals surface area contributed by atoms with Gasteiger partial charge in [-0.05, 0) is 36.8 Å². The maximum atomic E-state index is 11.9. The van der Waals surface area contributed by atoms with Gasteiger partial charge >= 0.3 is 0 Å². The highest BCUT2D eigenvalue weighted by Gasteiger charge is 2.28. The van der Waals surface area contributed by atoms with Crippen molar-refractivity contribution in [1.29, 1.82) is 0 Å². The molecule has 3 rings (SSSR count). The molecule has 1 saturated heterocycles. The average molecular weight is 350 g/mol. The lowest BCUT2D eigenvalue weighted by molar-refractivity contribution is -0.134. The van der Waals surface area contributed by atoms with Crippen molar-refractivity contribution in [3.63, 3.8) is 0 Å². The standard InChI is InChI=1S/C17H20ClN3O3/c1-23-11-17(22)21-7-6-12(9-21)16-8-14(19-20-16)10-24-15-4-2-13(18)3-5-15/h2-5,8,12H,6-7,9-11H2,1H3,(H,19,20). The Kier molecular flexibility index (Phi) is 5.37. The molecule has 1 aromatic heterocycles. The van der Waals surface area contributed by atoms with E-state index in [1.165, 1.54) is 7.11 Å².